The number of hydrogen-bond donors (Lipinski definition) is 1. The van der Waals surface area contributed by atoms with Crippen LogP contribution in [0.25, 0.3) is 0 Å². The molecule has 0 aliphatic carbocycles. The van der Waals surface area contributed by atoms with E-state index in [4.69, 9.17) is 11.6 Å². The van der Waals surface area contributed by atoms with Gasteiger partial charge in [-0.1, -0.05) is 29.8 Å². The predicted octanol–water partition coefficient (Wildman–Crippen LogP) is 3.12. The van der Waals surface area contributed by atoms with Crippen LogP contribution in [0.5, 0.6) is 0 Å². The molecule has 1 N–H and O–H groups in total. The molecule has 0 aliphatic rings. The Labute approximate surface area is 138 Å². The molecule has 0 fully saturated rings. The number of halogens is 2. The third-order valence-electron chi connectivity index (χ3n) is 3.41. The van der Waals surface area contributed by atoms with Gasteiger partial charge in [0.1, 0.15) is 5.60 Å². The van der Waals surface area contributed by atoms with Crippen molar-refractivity contribution in [2.24, 2.45) is 0 Å². The molecule has 0 saturated carbocycles. The average Bonchev–Trinajstić information content (AvgIpc) is 2.78. The van der Waals surface area contributed by atoms with Crippen molar-refractivity contribution in [2.75, 3.05) is 20.6 Å². The van der Waals surface area contributed by atoms with Gasteiger partial charge in [0, 0.05) is 17.1 Å². The Balaban J connectivity index is 2.45. The number of aliphatic hydroxyl groups is 1. The van der Waals surface area contributed by atoms with Gasteiger partial charge in [0.25, 0.3) is 0 Å². The molecular weight excluding hydrogens is 354 g/mol. The van der Waals surface area contributed by atoms with Crippen molar-refractivity contribution in [1.29, 1.82) is 0 Å². The molecule has 0 spiro atoms. The Kier molecular flexibility index (Phi) is 5.09. The summed E-state index contributed by atoms with van der Waals surface area (Å²) in [5.41, 5.74) is 0.149. The first-order valence-electron chi connectivity index (χ1n) is 6.68. The summed E-state index contributed by atoms with van der Waals surface area (Å²) in [5.74, 6) is 0. The topological polar surface area (TPSA) is 41.3 Å². The summed E-state index contributed by atoms with van der Waals surface area (Å²) in [6.45, 7) is 3.26. The minimum Gasteiger partial charge on any atom is -0.379 e. The summed E-state index contributed by atoms with van der Waals surface area (Å²) in [5, 5.41) is 16.0. The molecule has 0 saturated heterocycles. The quantitative estimate of drug-likeness (QED) is 0.877. The van der Waals surface area contributed by atoms with Crippen LogP contribution in [-0.2, 0) is 12.1 Å². The fraction of sp³-hybridized carbons (Fsp3) is 0.400. The molecule has 1 aromatic carbocycles. The standard InChI is InChI=1S/C15H19BrClN3O/c1-15(21,11-6-4-5-7-13(11)17)14-12(16)10-18-20(14)9-8-19(2)3/h4-7,10,21H,8-9H2,1-3H3. The molecule has 21 heavy (non-hydrogen) atoms. The van der Waals surface area contributed by atoms with E-state index in [-0.39, 0.29) is 0 Å². The van der Waals surface area contributed by atoms with E-state index in [9.17, 15) is 5.11 Å². The molecule has 1 heterocycles. The van der Waals surface area contributed by atoms with Crippen LogP contribution in [0.15, 0.2) is 34.9 Å². The van der Waals surface area contributed by atoms with Gasteiger partial charge >= 0.3 is 0 Å². The van der Waals surface area contributed by atoms with Crippen LogP contribution in [0.4, 0.5) is 0 Å². The first-order valence-corrected chi connectivity index (χ1v) is 7.85. The fourth-order valence-corrected chi connectivity index (χ4v) is 3.30. The maximum atomic E-state index is 11.1. The van der Waals surface area contributed by atoms with Gasteiger partial charge in [0.2, 0.25) is 0 Å². The van der Waals surface area contributed by atoms with Crippen LogP contribution in [0, 0.1) is 0 Å². The molecule has 114 valence electrons. The fourth-order valence-electron chi connectivity index (χ4n) is 2.29. The van der Waals surface area contributed by atoms with E-state index in [0.717, 1.165) is 11.0 Å². The third kappa shape index (κ3) is 3.48. The van der Waals surface area contributed by atoms with Gasteiger partial charge in [-0.2, -0.15) is 5.10 Å². The molecule has 2 rings (SSSR count). The zero-order chi connectivity index (χ0) is 15.6. The Hall–Kier alpha value is -0.880. The van der Waals surface area contributed by atoms with Gasteiger partial charge in [-0.05, 0) is 43.0 Å². The van der Waals surface area contributed by atoms with Crippen molar-refractivity contribution < 1.29 is 5.11 Å². The number of hydrogen-bond acceptors (Lipinski definition) is 3. The van der Waals surface area contributed by atoms with Gasteiger partial charge in [0.05, 0.1) is 22.9 Å². The molecule has 0 aliphatic heterocycles. The molecule has 2 aromatic rings. The van der Waals surface area contributed by atoms with Crippen LogP contribution >= 0.6 is 27.5 Å². The number of nitrogens with zero attached hydrogens (tertiary/aromatic N) is 3. The van der Waals surface area contributed by atoms with Gasteiger partial charge in [-0.25, -0.2) is 0 Å². The highest BCUT2D eigenvalue weighted by Gasteiger charge is 2.33. The van der Waals surface area contributed by atoms with Crippen molar-refractivity contribution >= 4 is 27.5 Å². The molecule has 4 nitrogen and oxygen atoms in total. The van der Waals surface area contributed by atoms with E-state index < -0.39 is 5.60 Å². The van der Waals surface area contributed by atoms with E-state index in [2.05, 4.69) is 25.9 Å². The van der Waals surface area contributed by atoms with Crippen LogP contribution in [-0.4, -0.2) is 40.4 Å². The van der Waals surface area contributed by atoms with Crippen LogP contribution in [0.3, 0.4) is 0 Å². The maximum Gasteiger partial charge on any atom is 0.131 e. The van der Waals surface area contributed by atoms with Crippen molar-refractivity contribution in [3.8, 4) is 0 Å². The maximum absolute atomic E-state index is 11.1. The smallest absolute Gasteiger partial charge is 0.131 e. The van der Waals surface area contributed by atoms with Crippen LogP contribution in [0.2, 0.25) is 5.02 Å². The van der Waals surface area contributed by atoms with Crippen molar-refractivity contribution in [2.45, 2.75) is 19.1 Å². The summed E-state index contributed by atoms with van der Waals surface area (Å²) < 4.78 is 2.58. The van der Waals surface area contributed by atoms with Gasteiger partial charge in [0.15, 0.2) is 0 Å². The summed E-state index contributed by atoms with van der Waals surface area (Å²) in [4.78, 5) is 2.07. The molecule has 1 aromatic heterocycles. The largest absolute Gasteiger partial charge is 0.379 e. The molecule has 0 radical (unpaired) electrons. The monoisotopic (exact) mass is 371 g/mol. The second kappa shape index (κ2) is 6.48. The zero-order valence-electron chi connectivity index (χ0n) is 12.3. The molecular formula is C15H19BrClN3O. The lowest BCUT2D eigenvalue weighted by Gasteiger charge is -2.27. The molecule has 1 atom stereocenters. The van der Waals surface area contributed by atoms with E-state index in [1.165, 1.54) is 0 Å². The molecule has 0 bridgehead atoms. The highest BCUT2D eigenvalue weighted by atomic mass is 79.9. The highest BCUT2D eigenvalue weighted by molar-refractivity contribution is 9.10. The zero-order valence-corrected chi connectivity index (χ0v) is 14.7. The van der Waals surface area contributed by atoms with Gasteiger partial charge < -0.3 is 10.0 Å². The molecule has 1 unspecified atom stereocenters. The summed E-state index contributed by atoms with van der Waals surface area (Å²) >= 11 is 9.73. The van der Waals surface area contributed by atoms with Gasteiger partial charge in [-0.15, -0.1) is 0 Å². The van der Waals surface area contributed by atoms with E-state index >= 15 is 0 Å². The minimum atomic E-state index is -1.22. The van der Waals surface area contributed by atoms with Crippen molar-refractivity contribution in [3.05, 3.63) is 51.2 Å². The van der Waals surface area contributed by atoms with Crippen molar-refractivity contribution in [3.63, 3.8) is 0 Å². The van der Waals surface area contributed by atoms with E-state index in [1.807, 2.05) is 37.0 Å². The molecule has 6 heteroatoms. The lowest BCUT2D eigenvalue weighted by Crippen LogP contribution is -2.30. The third-order valence-corrected chi connectivity index (χ3v) is 4.32. The highest BCUT2D eigenvalue weighted by Crippen LogP contribution is 2.37. The first-order chi connectivity index (χ1) is 9.84. The van der Waals surface area contributed by atoms with Gasteiger partial charge in [-0.3, -0.25) is 4.68 Å². The SMILES string of the molecule is CN(C)CCn1ncc(Br)c1C(C)(O)c1ccccc1Cl. The molecule has 0 amide bonds. The summed E-state index contributed by atoms with van der Waals surface area (Å²) in [7, 11) is 4.01. The van der Waals surface area contributed by atoms with Crippen molar-refractivity contribution in [1.82, 2.24) is 14.7 Å². The second-order valence-electron chi connectivity index (χ2n) is 5.42. The van der Waals surface area contributed by atoms with E-state index in [1.54, 1.807) is 19.2 Å². The normalized spacial score (nSPS) is 14.4. The Morgan fingerprint density at radius 1 is 1.38 bits per heavy atom. The van der Waals surface area contributed by atoms with Crippen LogP contribution in [0.1, 0.15) is 18.2 Å². The Bertz CT molecular complexity index is 625. The lowest BCUT2D eigenvalue weighted by molar-refractivity contribution is 0.0902. The summed E-state index contributed by atoms with van der Waals surface area (Å²) in [6, 6.07) is 7.32. The summed E-state index contributed by atoms with van der Waals surface area (Å²) in [6.07, 6.45) is 1.70. The Morgan fingerprint density at radius 3 is 2.67 bits per heavy atom. The number of rotatable bonds is 5. The number of aromatic nitrogens is 2. The number of likely N-dealkylation sites (N-methyl/N-ethyl adjacent to an activating group) is 1. The second-order valence-corrected chi connectivity index (χ2v) is 6.68. The lowest BCUT2D eigenvalue weighted by atomic mass is 9.92. The van der Waals surface area contributed by atoms with Crippen LogP contribution < -0.4 is 0 Å². The average molecular weight is 373 g/mol. The first kappa shape index (κ1) is 16.5. The predicted molar refractivity (Wildman–Crippen MR) is 88.6 cm³/mol. The van der Waals surface area contributed by atoms with E-state index in [0.29, 0.717) is 22.8 Å². The number of benzene rings is 1. The Morgan fingerprint density at radius 2 is 2.05 bits per heavy atom. The minimum absolute atomic E-state index is 0.537.